The number of ether oxygens (including phenoxy) is 2. The molecule has 18 heavy (non-hydrogen) atoms. The molecule has 1 fully saturated rings. The van der Waals surface area contributed by atoms with Crippen LogP contribution in [0.5, 0.6) is 11.5 Å². The van der Waals surface area contributed by atoms with Crippen molar-refractivity contribution in [1.29, 1.82) is 0 Å². The lowest BCUT2D eigenvalue weighted by molar-refractivity contribution is 0.0526. The number of hydrogen-bond acceptors (Lipinski definition) is 4. The summed E-state index contributed by atoms with van der Waals surface area (Å²) in [5.74, 6) is 1.65. The average molecular weight is 249 g/mol. The molecular weight excluding hydrogens is 230 g/mol. The molecule has 2 heterocycles. The molecule has 0 amide bonds. The predicted molar refractivity (Wildman–Crippen MR) is 68.2 cm³/mol. The number of aliphatic hydroxyl groups is 1. The summed E-state index contributed by atoms with van der Waals surface area (Å²) in [6, 6.07) is 6.04. The zero-order valence-electron chi connectivity index (χ0n) is 10.4. The molecular formula is C14H19NO3. The lowest BCUT2D eigenvalue weighted by atomic mass is 9.94. The topological polar surface area (TPSA) is 50.7 Å². The van der Waals surface area contributed by atoms with Crippen LogP contribution < -0.4 is 14.8 Å². The normalized spacial score (nSPS) is 26.3. The van der Waals surface area contributed by atoms with Crippen LogP contribution in [0.25, 0.3) is 0 Å². The predicted octanol–water partition coefficient (Wildman–Crippen LogP) is 1.11. The van der Waals surface area contributed by atoms with E-state index in [4.69, 9.17) is 9.47 Å². The fraction of sp³-hybridized carbons (Fsp3) is 0.571. The van der Waals surface area contributed by atoms with Gasteiger partial charge >= 0.3 is 0 Å². The van der Waals surface area contributed by atoms with Gasteiger partial charge in [-0.15, -0.1) is 0 Å². The molecule has 1 aromatic rings. The lowest BCUT2D eigenvalue weighted by Gasteiger charge is -2.22. The molecule has 2 aliphatic rings. The summed E-state index contributed by atoms with van der Waals surface area (Å²) in [4.78, 5) is 0. The fourth-order valence-electron chi connectivity index (χ4n) is 2.56. The summed E-state index contributed by atoms with van der Waals surface area (Å²) in [6.45, 7) is 2.86. The SMILES string of the molecule is OC1(CCc2ccc3c(c2)OCCO3)CCNC1. The van der Waals surface area contributed by atoms with Crippen molar-refractivity contribution in [1.82, 2.24) is 5.32 Å². The Morgan fingerprint density at radius 2 is 2.06 bits per heavy atom. The van der Waals surface area contributed by atoms with Crippen LogP contribution in [0.2, 0.25) is 0 Å². The van der Waals surface area contributed by atoms with Crippen molar-refractivity contribution in [2.45, 2.75) is 24.9 Å². The van der Waals surface area contributed by atoms with Crippen LogP contribution in [0.15, 0.2) is 18.2 Å². The van der Waals surface area contributed by atoms with Crippen molar-refractivity contribution >= 4 is 0 Å². The van der Waals surface area contributed by atoms with Gasteiger partial charge in [-0.1, -0.05) is 6.07 Å². The minimum absolute atomic E-state index is 0.534. The third-order valence-electron chi connectivity index (χ3n) is 3.71. The highest BCUT2D eigenvalue weighted by atomic mass is 16.6. The van der Waals surface area contributed by atoms with Crippen molar-refractivity contribution in [3.63, 3.8) is 0 Å². The standard InChI is InChI=1S/C14H19NO3/c16-14(5-6-15-10-14)4-3-11-1-2-12-13(9-11)18-8-7-17-12/h1-2,9,15-16H,3-8,10H2. The maximum absolute atomic E-state index is 10.3. The van der Waals surface area contributed by atoms with Crippen molar-refractivity contribution in [3.8, 4) is 11.5 Å². The third kappa shape index (κ3) is 2.44. The number of fused-ring (bicyclic) bond motifs is 1. The molecule has 0 spiro atoms. The Morgan fingerprint density at radius 1 is 1.22 bits per heavy atom. The van der Waals surface area contributed by atoms with Crippen LogP contribution in [-0.4, -0.2) is 37.0 Å². The second-order valence-electron chi connectivity index (χ2n) is 5.13. The summed E-state index contributed by atoms with van der Waals surface area (Å²) in [5.41, 5.74) is 0.660. The van der Waals surface area contributed by atoms with Crippen molar-refractivity contribution < 1.29 is 14.6 Å². The lowest BCUT2D eigenvalue weighted by Crippen LogP contribution is -2.31. The van der Waals surface area contributed by atoms with E-state index in [-0.39, 0.29) is 0 Å². The van der Waals surface area contributed by atoms with Gasteiger partial charge in [0, 0.05) is 6.54 Å². The summed E-state index contributed by atoms with van der Waals surface area (Å²) in [6.07, 6.45) is 2.51. The maximum Gasteiger partial charge on any atom is 0.161 e. The Labute approximate surface area is 107 Å². The quantitative estimate of drug-likeness (QED) is 0.842. The van der Waals surface area contributed by atoms with Crippen LogP contribution in [-0.2, 0) is 6.42 Å². The molecule has 0 bridgehead atoms. The molecule has 0 aliphatic carbocycles. The number of β-amino-alcohol motifs (C(OH)–C–C–N with tert-alkyl or cyclic N) is 1. The third-order valence-corrected chi connectivity index (χ3v) is 3.71. The van der Waals surface area contributed by atoms with Gasteiger partial charge in [-0.3, -0.25) is 0 Å². The van der Waals surface area contributed by atoms with Gasteiger partial charge in [0.15, 0.2) is 11.5 Å². The molecule has 3 rings (SSSR count). The van der Waals surface area contributed by atoms with Gasteiger partial charge in [-0.05, 0) is 43.5 Å². The Morgan fingerprint density at radius 3 is 2.83 bits per heavy atom. The first-order chi connectivity index (χ1) is 8.75. The first-order valence-electron chi connectivity index (χ1n) is 6.57. The van der Waals surface area contributed by atoms with E-state index in [2.05, 4.69) is 11.4 Å². The number of benzene rings is 1. The molecule has 98 valence electrons. The van der Waals surface area contributed by atoms with Crippen molar-refractivity contribution in [3.05, 3.63) is 23.8 Å². The minimum Gasteiger partial charge on any atom is -0.486 e. The maximum atomic E-state index is 10.3. The molecule has 2 N–H and O–H groups in total. The zero-order chi connectivity index (χ0) is 12.4. The first-order valence-corrected chi connectivity index (χ1v) is 6.57. The number of nitrogens with one attached hydrogen (secondary N) is 1. The van der Waals surface area contributed by atoms with E-state index in [1.54, 1.807) is 0 Å². The number of hydrogen-bond donors (Lipinski definition) is 2. The van der Waals surface area contributed by atoms with E-state index in [1.807, 2.05) is 12.1 Å². The Kier molecular flexibility index (Phi) is 3.14. The van der Waals surface area contributed by atoms with Gasteiger partial charge in [-0.2, -0.15) is 0 Å². The second kappa shape index (κ2) is 4.78. The van der Waals surface area contributed by atoms with Crippen LogP contribution in [0.1, 0.15) is 18.4 Å². The van der Waals surface area contributed by atoms with Crippen molar-refractivity contribution in [2.24, 2.45) is 0 Å². The summed E-state index contributed by atoms with van der Waals surface area (Å²) < 4.78 is 11.1. The van der Waals surface area contributed by atoms with Crippen LogP contribution in [0.4, 0.5) is 0 Å². The van der Waals surface area contributed by atoms with Gasteiger partial charge in [0.1, 0.15) is 13.2 Å². The van der Waals surface area contributed by atoms with E-state index in [0.29, 0.717) is 19.8 Å². The monoisotopic (exact) mass is 249 g/mol. The Hall–Kier alpha value is -1.26. The Bertz CT molecular complexity index is 427. The smallest absolute Gasteiger partial charge is 0.161 e. The minimum atomic E-state index is -0.534. The molecule has 4 heteroatoms. The van der Waals surface area contributed by atoms with Gasteiger partial charge in [-0.25, -0.2) is 0 Å². The van der Waals surface area contributed by atoms with E-state index in [1.165, 1.54) is 5.56 Å². The van der Waals surface area contributed by atoms with Crippen molar-refractivity contribution in [2.75, 3.05) is 26.3 Å². The largest absolute Gasteiger partial charge is 0.486 e. The molecule has 1 unspecified atom stereocenters. The molecule has 2 aliphatic heterocycles. The number of rotatable bonds is 3. The van der Waals surface area contributed by atoms with E-state index in [9.17, 15) is 5.11 Å². The molecule has 0 saturated carbocycles. The van der Waals surface area contributed by atoms with Crippen LogP contribution >= 0.6 is 0 Å². The highest BCUT2D eigenvalue weighted by Crippen LogP contribution is 2.32. The molecule has 4 nitrogen and oxygen atoms in total. The van der Waals surface area contributed by atoms with Gasteiger partial charge in [0.2, 0.25) is 0 Å². The summed E-state index contributed by atoms with van der Waals surface area (Å²) >= 11 is 0. The highest BCUT2D eigenvalue weighted by molar-refractivity contribution is 5.43. The van der Waals surface area contributed by atoms with Crippen LogP contribution in [0, 0.1) is 0 Å². The molecule has 1 aromatic carbocycles. The second-order valence-corrected chi connectivity index (χ2v) is 5.13. The Balaban J connectivity index is 1.66. The first kappa shape index (κ1) is 11.8. The molecule has 1 atom stereocenters. The summed E-state index contributed by atoms with van der Waals surface area (Å²) in [7, 11) is 0. The summed E-state index contributed by atoms with van der Waals surface area (Å²) in [5, 5.41) is 13.5. The van der Waals surface area contributed by atoms with E-state index < -0.39 is 5.60 Å². The highest BCUT2D eigenvalue weighted by Gasteiger charge is 2.30. The van der Waals surface area contributed by atoms with E-state index >= 15 is 0 Å². The average Bonchev–Trinajstić information content (AvgIpc) is 2.84. The van der Waals surface area contributed by atoms with Crippen LogP contribution in [0.3, 0.4) is 0 Å². The fourth-order valence-corrected chi connectivity index (χ4v) is 2.56. The number of aryl methyl sites for hydroxylation is 1. The molecule has 0 radical (unpaired) electrons. The van der Waals surface area contributed by atoms with Gasteiger partial charge in [0.25, 0.3) is 0 Å². The van der Waals surface area contributed by atoms with Gasteiger partial charge in [0.05, 0.1) is 5.60 Å². The zero-order valence-corrected chi connectivity index (χ0v) is 10.4. The van der Waals surface area contributed by atoms with Gasteiger partial charge < -0.3 is 19.9 Å². The van der Waals surface area contributed by atoms with E-state index in [0.717, 1.165) is 37.3 Å². The molecule has 1 saturated heterocycles. The molecule has 0 aromatic heterocycles.